The van der Waals surface area contributed by atoms with Gasteiger partial charge in [-0.25, -0.2) is 13.2 Å². The van der Waals surface area contributed by atoms with Crippen LogP contribution in [0.15, 0.2) is 27.6 Å². The molecule has 1 rings (SSSR count). The zero-order valence-electron chi connectivity index (χ0n) is 13.2. The monoisotopic (exact) mass is 431 g/mol. The second-order valence-corrected chi connectivity index (χ2v) is 8.28. The fourth-order valence-corrected chi connectivity index (χ4v) is 3.47. The van der Waals surface area contributed by atoms with Crippen LogP contribution in [0, 0.1) is 0 Å². The van der Waals surface area contributed by atoms with Gasteiger partial charge in [0.2, 0.25) is 0 Å². The Morgan fingerprint density at radius 3 is 2.38 bits per heavy atom. The lowest BCUT2D eigenvalue weighted by atomic mass is 10.1. The van der Waals surface area contributed by atoms with Gasteiger partial charge in [-0.1, -0.05) is 22.0 Å². The topological polar surface area (TPSA) is 63.7 Å². The zero-order valence-corrected chi connectivity index (χ0v) is 15.6. The van der Waals surface area contributed by atoms with Crippen LogP contribution in [0.25, 0.3) is 0 Å². The summed E-state index contributed by atoms with van der Waals surface area (Å²) in [5.74, 6) is -2.28. The van der Waals surface area contributed by atoms with E-state index >= 15 is 0 Å². The second-order valence-electron chi connectivity index (χ2n) is 5.38. The molecule has 0 heterocycles. The minimum atomic E-state index is -5.08. The molecule has 0 aromatic heterocycles. The van der Waals surface area contributed by atoms with E-state index in [2.05, 4.69) is 20.7 Å². The third-order valence-electron chi connectivity index (χ3n) is 3.14. The molecule has 0 radical (unpaired) electrons. The van der Waals surface area contributed by atoms with Gasteiger partial charge in [0.1, 0.15) is 0 Å². The molecule has 0 saturated heterocycles. The van der Waals surface area contributed by atoms with Gasteiger partial charge in [0, 0.05) is 17.1 Å². The molecule has 136 valence electrons. The molecule has 1 aromatic carbocycles. The van der Waals surface area contributed by atoms with Crippen molar-refractivity contribution in [3.8, 4) is 0 Å². The maximum absolute atomic E-state index is 12.3. The van der Waals surface area contributed by atoms with Gasteiger partial charge in [-0.15, -0.1) is 0 Å². The molecule has 1 unspecified atom stereocenters. The van der Waals surface area contributed by atoms with Crippen molar-refractivity contribution in [2.24, 2.45) is 0 Å². The molecule has 0 saturated carbocycles. The highest BCUT2D eigenvalue weighted by Gasteiger charge is 2.42. The number of benzene rings is 1. The molecule has 0 amide bonds. The summed E-state index contributed by atoms with van der Waals surface area (Å²) in [7, 11) is -0.570. The summed E-state index contributed by atoms with van der Waals surface area (Å²) in [6.45, 7) is 0. The van der Waals surface area contributed by atoms with Crippen LogP contribution in [-0.2, 0) is 25.8 Å². The van der Waals surface area contributed by atoms with E-state index < -0.39 is 28.2 Å². The van der Waals surface area contributed by atoms with Crippen molar-refractivity contribution in [2.45, 2.75) is 30.1 Å². The third-order valence-corrected chi connectivity index (χ3v) is 4.81. The first-order valence-electron chi connectivity index (χ1n) is 6.75. The van der Waals surface area contributed by atoms with Crippen LogP contribution < -0.4 is 0 Å². The second kappa shape index (κ2) is 7.83. The highest BCUT2D eigenvalue weighted by molar-refractivity contribution is 9.10. The zero-order chi connectivity index (χ0) is 18.7. The highest BCUT2D eigenvalue weighted by Crippen LogP contribution is 2.24. The molecule has 1 atom stereocenters. The van der Waals surface area contributed by atoms with Crippen molar-refractivity contribution < 1.29 is 31.1 Å². The first kappa shape index (κ1) is 20.9. The number of sulfone groups is 1. The van der Waals surface area contributed by atoms with E-state index in [4.69, 9.17) is 0 Å². The summed E-state index contributed by atoms with van der Waals surface area (Å²) in [4.78, 5) is 12.4. The van der Waals surface area contributed by atoms with E-state index in [0.717, 1.165) is 6.26 Å². The number of carbonyl (C=O) groups is 1. The molecule has 0 N–H and O–H groups in total. The predicted molar refractivity (Wildman–Crippen MR) is 85.2 cm³/mol. The third kappa shape index (κ3) is 6.06. The number of nitrogens with zero attached hydrogens (tertiary/aromatic N) is 1. The SMILES string of the molecule is CN(C)C(CCc1ccc(Br)cc1S(C)(=O)=O)OC(=O)C(F)(F)F. The van der Waals surface area contributed by atoms with E-state index in [1.807, 2.05) is 0 Å². The average Bonchev–Trinajstić information content (AvgIpc) is 2.41. The van der Waals surface area contributed by atoms with Crippen molar-refractivity contribution in [3.63, 3.8) is 0 Å². The Hall–Kier alpha value is -1.13. The quantitative estimate of drug-likeness (QED) is 0.511. The summed E-state index contributed by atoms with van der Waals surface area (Å²) in [6, 6.07) is 4.63. The molecule has 0 spiro atoms. The molecule has 1 aromatic rings. The molecule has 5 nitrogen and oxygen atoms in total. The molecule has 0 fully saturated rings. The number of ether oxygens (including phenoxy) is 1. The van der Waals surface area contributed by atoms with Gasteiger partial charge in [-0.05, 0) is 38.2 Å². The number of hydrogen-bond donors (Lipinski definition) is 0. The molecule has 0 aliphatic rings. The number of hydrogen-bond acceptors (Lipinski definition) is 5. The Balaban J connectivity index is 2.95. The Bertz CT molecular complexity index is 704. The van der Waals surface area contributed by atoms with Crippen LogP contribution in [-0.4, -0.2) is 52.0 Å². The van der Waals surface area contributed by atoms with Crippen molar-refractivity contribution in [3.05, 3.63) is 28.2 Å². The van der Waals surface area contributed by atoms with Gasteiger partial charge < -0.3 is 4.74 Å². The Labute approximate surface area is 146 Å². The van der Waals surface area contributed by atoms with Gasteiger partial charge >= 0.3 is 12.1 Å². The average molecular weight is 432 g/mol. The van der Waals surface area contributed by atoms with E-state index in [1.54, 1.807) is 12.1 Å². The standard InChI is InChI=1S/C14H17BrF3NO4S/c1-19(2)12(23-13(20)14(16,17)18)7-5-9-4-6-10(15)8-11(9)24(3,21)22/h4,6,8,12H,5,7H2,1-3H3. The maximum atomic E-state index is 12.3. The smallest absolute Gasteiger partial charge is 0.440 e. The van der Waals surface area contributed by atoms with Gasteiger partial charge in [0.05, 0.1) is 4.90 Å². The summed E-state index contributed by atoms with van der Waals surface area (Å²) in [6.07, 6.45) is -5.02. The molecular formula is C14H17BrF3NO4S. The fourth-order valence-electron chi connectivity index (χ4n) is 1.97. The van der Waals surface area contributed by atoms with E-state index in [-0.39, 0.29) is 17.7 Å². The summed E-state index contributed by atoms with van der Waals surface area (Å²) in [5, 5.41) is 0. The van der Waals surface area contributed by atoms with Crippen LogP contribution in [0.1, 0.15) is 12.0 Å². The Morgan fingerprint density at radius 1 is 1.33 bits per heavy atom. The normalized spacial score (nSPS) is 13.8. The molecule has 10 heteroatoms. The Morgan fingerprint density at radius 2 is 1.92 bits per heavy atom. The minimum Gasteiger partial charge on any atom is -0.440 e. The number of alkyl halides is 3. The van der Waals surface area contributed by atoms with Gasteiger partial charge in [0.25, 0.3) is 0 Å². The first-order chi connectivity index (χ1) is 10.8. The first-order valence-corrected chi connectivity index (χ1v) is 9.43. The van der Waals surface area contributed by atoms with Crippen LogP contribution >= 0.6 is 15.9 Å². The number of halogens is 4. The van der Waals surface area contributed by atoms with Crippen LogP contribution in [0.3, 0.4) is 0 Å². The van der Waals surface area contributed by atoms with E-state index in [9.17, 15) is 26.4 Å². The van der Waals surface area contributed by atoms with Gasteiger partial charge in [-0.3, -0.25) is 4.90 Å². The van der Waals surface area contributed by atoms with Gasteiger partial charge in [0.15, 0.2) is 16.1 Å². The molecule has 0 aliphatic heterocycles. The number of rotatable bonds is 6. The molecular weight excluding hydrogens is 415 g/mol. The predicted octanol–water partition coefficient (Wildman–Crippen LogP) is 2.78. The summed E-state index contributed by atoms with van der Waals surface area (Å²) in [5.41, 5.74) is 0.440. The van der Waals surface area contributed by atoms with Crippen molar-refractivity contribution in [1.29, 1.82) is 0 Å². The lowest BCUT2D eigenvalue weighted by molar-refractivity contribution is -0.211. The van der Waals surface area contributed by atoms with Crippen molar-refractivity contribution in [1.82, 2.24) is 4.90 Å². The summed E-state index contributed by atoms with van der Waals surface area (Å²) >= 11 is 3.18. The van der Waals surface area contributed by atoms with E-state index in [1.165, 1.54) is 25.1 Å². The lowest BCUT2D eigenvalue weighted by Gasteiger charge is -2.25. The van der Waals surface area contributed by atoms with Crippen LogP contribution in [0.2, 0.25) is 0 Å². The number of esters is 1. The fraction of sp³-hybridized carbons (Fsp3) is 0.500. The number of carbonyl (C=O) groups excluding carboxylic acids is 1. The highest BCUT2D eigenvalue weighted by atomic mass is 79.9. The maximum Gasteiger partial charge on any atom is 0.490 e. The van der Waals surface area contributed by atoms with Crippen LogP contribution in [0.4, 0.5) is 13.2 Å². The lowest BCUT2D eigenvalue weighted by Crippen LogP contribution is -2.38. The summed E-state index contributed by atoms with van der Waals surface area (Å²) < 4.78 is 65.6. The van der Waals surface area contributed by atoms with E-state index in [0.29, 0.717) is 10.0 Å². The largest absolute Gasteiger partial charge is 0.490 e. The minimum absolute atomic E-state index is 0.0129. The van der Waals surface area contributed by atoms with Gasteiger partial charge in [-0.2, -0.15) is 13.2 Å². The number of aryl methyl sites for hydroxylation is 1. The van der Waals surface area contributed by atoms with Crippen molar-refractivity contribution in [2.75, 3.05) is 20.4 Å². The molecule has 0 aliphatic carbocycles. The molecule has 0 bridgehead atoms. The van der Waals surface area contributed by atoms with Crippen molar-refractivity contribution >= 4 is 31.7 Å². The van der Waals surface area contributed by atoms with Crippen LogP contribution in [0.5, 0.6) is 0 Å². The molecule has 24 heavy (non-hydrogen) atoms. The Kier molecular flexibility index (Phi) is 6.83.